The van der Waals surface area contributed by atoms with E-state index in [4.69, 9.17) is 27.9 Å². The largest absolute Gasteiger partial charge is 0.436 e. The zero-order valence-electron chi connectivity index (χ0n) is 8.95. The Hall–Kier alpha value is -1.11. The van der Waals surface area contributed by atoms with Gasteiger partial charge >= 0.3 is 6.09 Å². The van der Waals surface area contributed by atoms with E-state index in [1.165, 1.54) is 16.0 Å². The van der Waals surface area contributed by atoms with Gasteiger partial charge in [0.2, 0.25) is 0 Å². The first-order valence-electron chi connectivity index (χ1n) is 4.58. The van der Waals surface area contributed by atoms with Gasteiger partial charge in [-0.15, -0.1) is 5.92 Å². The van der Waals surface area contributed by atoms with Crippen LogP contribution in [0.5, 0.6) is 0 Å². The summed E-state index contributed by atoms with van der Waals surface area (Å²) in [6, 6.07) is 0. The molecule has 0 saturated carbocycles. The maximum Gasteiger partial charge on any atom is 0.411 e. The first-order valence-corrected chi connectivity index (χ1v) is 5.45. The Morgan fingerprint density at radius 2 is 1.88 bits per heavy atom. The van der Waals surface area contributed by atoms with E-state index in [9.17, 15) is 4.79 Å². The molecule has 0 radical (unpaired) electrons. The Morgan fingerprint density at radius 1 is 1.31 bits per heavy atom. The van der Waals surface area contributed by atoms with Gasteiger partial charge in [-0.25, -0.2) is 4.79 Å². The normalized spacial score (nSPS) is 10.2. The average Bonchev–Trinajstić information content (AvgIpc) is 2.29. The summed E-state index contributed by atoms with van der Waals surface area (Å²) < 4.78 is 4.90. The van der Waals surface area contributed by atoms with Crippen LogP contribution < -0.4 is 0 Å². The van der Waals surface area contributed by atoms with Gasteiger partial charge in [0.25, 0.3) is 0 Å². The van der Waals surface area contributed by atoms with Crippen LogP contribution in [0.3, 0.4) is 0 Å². The van der Waals surface area contributed by atoms with Crippen molar-refractivity contribution in [3.63, 3.8) is 0 Å². The van der Waals surface area contributed by atoms with E-state index >= 15 is 0 Å². The molecule has 0 aliphatic heterocycles. The predicted molar refractivity (Wildman–Crippen MR) is 66.4 cm³/mol. The number of carbonyl (C=O) groups excluding carboxylic acids is 1. The number of carbonyl (C=O) groups is 1. The molecular weight excluding hydrogens is 249 g/mol. The maximum atomic E-state index is 11.5. The van der Waals surface area contributed by atoms with E-state index < -0.39 is 6.09 Å². The van der Waals surface area contributed by atoms with Crippen molar-refractivity contribution >= 4 is 29.3 Å². The second-order valence-corrected chi connectivity index (χ2v) is 3.11. The molecule has 0 N–H and O–H groups in total. The van der Waals surface area contributed by atoms with Gasteiger partial charge in [0, 0.05) is 24.2 Å². The zero-order chi connectivity index (χ0) is 12.2. The molecule has 3 nitrogen and oxygen atoms in total. The van der Waals surface area contributed by atoms with Crippen molar-refractivity contribution in [3.05, 3.63) is 23.2 Å². The number of hydrogen-bond acceptors (Lipinski definition) is 2. The summed E-state index contributed by atoms with van der Waals surface area (Å²) in [5, 5.41) is 0. The van der Waals surface area contributed by atoms with Crippen molar-refractivity contribution in [1.82, 2.24) is 4.90 Å². The van der Waals surface area contributed by atoms with Gasteiger partial charge in [0.05, 0.1) is 0 Å². The van der Waals surface area contributed by atoms with Crippen LogP contribution in [0.25, 0.3) is 0 Å². The van der Waals surface area contributed by atoms with Crippen molar-refractivity contribution in [2.45, 2.75) is 6.92 Å². The van der Waals surface area contributed by atoms with E-state index in [1.807, 2.05) is 0 Å². The maximum absolute atomic E-state index is 11.5. The molecule has 1 amide bonds. The molecule has 0 rings (SSSR count). The minimum Gasteiger partial charge on any atom is -0.436 e. The molecule has 0 aliphatic rings. The van der Waals surface area contributed by atoms with Crippen LogP contribution in [0, 0.1) is 11.8 Å². The number of hydrogen-bond donors (Lipinski definition) is 0. The predicted octanol–water partition coefficient (Wildman–Crippen LogP) is 2.95. The molecule has 0 fully saturated rings. The van der Waals surface area contributed by atoms with Gasteiger partial charge in [0.1, 0.15) is 0 Å². The fourth-order valence-corrected chi connectivity index (χ4v) is 0.978. The smallest absolute Gasteiger partial charge is 0.411 e. The zero-order valence-corrected chi connectivity index (χ0v) is 10.5. The summed E-state index contributed by atoms with van der Waals surface area (Å²) in [5.41, 5.74) is 2.69. The van der Waals surface area contributed by atoms with E-state index in [0.717, 1.165) is 0 Å². The average molecular weight is 262 g/mol. The van der Waals surface area contributed by atoms with Gasteiger partial charge in [0.15, 0.2) is 6.61 Å². The van der Waals surface area contributed by atoms with Crippen LogP contribution in [0.4, 0.5) is 4.79 Å². The van der Waals surface area contributed by atoms with Crippen LogP contribution in [0.2, 0.25) is 0 Å². The van der Waals surface area contributed by atoms with E-state index in [1.54, 1.807) is 19.1 Å². The standard InChI is InChI=1S/C11H13Cl2NO2/c1-2-3-10-16-11(15)14(8-4-6-12)9-5-7-13/h4-7H,8-10H2,1H3. The fraction of sp³-hybridized carbons (Fsp3) is 0.364. The van der Waals surface area contributed by atoms with E-state index in [-0.39, 0.29) is 6.61 Å². The fourth-order valence-electron chi connectivity index (χ4n) is 0.819. The minimum absolute atomic E-state index is 0.0843. The topological polar surface area (TPSA) is 29.5 Å². The quantitative estimate of drug-likeness (QED) is 0.713. The first kappa shape index (κ1) is 14.9. The molecule has 0 atom stereocenters. The molecular formula is C11H13Cl2NO2. The summed E-state index contributed by atoms with van der Waals surface area (Å²) >= 11 is 10.8. The Labute approximate surface area is 106 Å². The lowest BCUT2D eigenvalue weighted by Crippen LogP contribution is -2.32. The molecule has 0 aromatic heterocycles. The number of rotatable bonds is 5. The third-order valence-electron chi connectivity index (χ3n) is 1.53. The van der Waals surface area contributed by atoms with E-state index in [0.29, 0.717) is 13.1 Å². The Balaban J connectivity index is 4.22. The van der Waals surface area contributed by atoms with E-state index in [2.05, 4.69) is 11.8 Å². The highest BCUT2D eigenvalue weighted by molar-refractivity contribution is 6.25. The van der Waals surface area contributed by atoms with Gasteiger partial charge in [-0.2, -0.15) is 0 Å². The molecule has 0 unspecified atom stereocenters. The third kappa shape index (κ3) is 7.22. The summed E-state index contributed by atoms with van der Waals surface area (Å²) in [6.45, 7) is 2.49. The summed E-state index contributed by atoms with van der Waals surface area (Å²) in [4.78, 5) is 13.0. The van der Waals surface area contributed by atoms with Gasteiger partial charge in [-0.05, 0) is 6.92 Å². The molecule has 5 heteroatoms. The van der Waals surface area contributed by atoms with Gasteiger partial charge in [-0.3, -0.25) is 0 Å². The van der Waals surface area contributed by atoms with Crippen LogP contribution in [0.1, 0.15) is 6.92 Å². The van der Waals surface area contributed by atoms with Crippen LogP contribution >= 0.6 is 23.2 Å². The second kappa shape index (κ2) is 10.4. The molecule has 0 spiro atoms. The van der Waals surface area contributed by atoms with Gasteiger partial charge in [-0.1, -0.05) is 41.3 Å². The summed E-state index contributed by atoms with van der Waals surface area (Å²) in [7, 11) is 0. The second-order valence-electron chi connectivity index (χ2n) is 2.61. The highest BCUT2D eigenvalue weighted by Gasteiger charge is 2.10. The van der Waals surface area contributed by atoms with Crippen LogP contribution in [0.15, 0.2) is 23.2 Å². The monoisotopic (exact) mass is 261 g/mol. The molecule has 88 valence electrons. The first-order chi connectivity index (χ1) is 7.76. The lowest BCUT2D eigenvalue weighted by Gasteiger charge is -2.17. The molecule has 16 heavy (non-hydrogen) atoms. The van der Waals surface area contributed by atoms with Crippen LogP contribution in [-0.2, 0) is 4.74 Å². The van der Waals surface area contributed by atoms with Crippen molar-refractivity contribution in [1.29, 1.82) is 0 Å². The lowest BCUT2D eigenvalue weighted by molar-refractivity contribution is 0.122. The van der Waals surface area contributed by atoms with Crippen molar-refractivity contribution in [2.75, 3.05) is 19.7 Å². The molecule has 0 bridgehead atoms. The number of amides is 1. The van der Waals surface area contributed by atoms with Gasteiger partial charge < -0.3 is 9.64 Å². The Morgan fingerprint density at radius 3 is 2.31 bits per heavy atom. The number of halogens is 2. The third-order valence-corrected chi connectivity index (χ3v) is 1.89. The SMILES string of the molecule is CC#CCOC(=O)N(CC=CCl)CC=CCl. The molecule has 0 aromatic rings. The summed E-state index contributed by atoms with van der Waals surface area (Å²) in [5.74, 6) is 5.27. The van der Waals surface area contributed by atoms with Crippen molar-refractivity contribution in [3.8, 4) is 11.8 Å². The number of ether oxygens (including phenoxy) is 1. The molecule has 0 aromatic carbocycles. The Bertz CT molecular complexity index is 302. The van der Waals surface area contributed by atoms with Crippen molar-refractivity contribution < 1.29 is 9.53 Å². The van der Waals surface area contributed by atoms with Crippen LogP contribution in [-0.4, -0.2) is 30.7 Å². The number of nitrogens with zero attached hydrogens (tertiary/aromatic N) is 1. The highest BCUT2D eigenvalue weighted by Crippen LogP contribution is 1.97. The lowest BCUT2D eigenvalue weighted by atomic mass is 10.5. The molecule has 0 heterocycles. The summed E-state index contributed by atoms with van der Waals surface area (Å²) in [6.07, 6.45) is 2.82. The highest BCUT2D eigenvalue weighted by atomic mass is 35.5. The molecule has 0 aliphatic carbocycles. The Kier molecular flexibility index (Phi) is 9.69. The van der Waals surface area contributed by atoms with Crippen molar-refractivity contribution in [2.24, 2.45) is 0 Å². The molecule has 0 saturated heterocycles. The minimum atomic E-state index is -0.452.